The smallest absolute Gasteiger partial charge is 0.339 e. The number of methoxy groups -OCH3 is 1. The van der Waals surface area contributed by atoms with E-state index in [1.54, 1.807) is 31.4 Å². The SMILES string of the molecule is COCCCN1C2=C(C(=O)CC(C)(C)C2)C(c2cc(Cl)ccc2OS(=O)(=O)c2ccc(C)cc2)C2=C1CC(C)(C)CC2=O. The van der Waals surface area contributed by atoms with E-state index in [0.717, 1.165) is 23.4 Å². The Morgan fingerprint density at radius 1 is 0.884 bits per heavy atom. The summed E-state index contributed by atoms with van der Waals surface area (Å²) in [7, 11) is -2.56. The van der Waals surface area contributed by atoms with Crippen LogP contribution in [-0.4, -0.2) is 45.1 Å². The fourth-order valence-corrected chi connectivity index (χ4v) is 7.82. The summed E-state index contributed by atoms with van der Waals surface area (Å²) in [5.41, 5.74) is 3.59. The molecular formula is C34H40ClNO6S. The maximum atomic E-state index is 14.1. The fraction of sp³-hybridized carbons (Fsp3) is 0.471. The van der Waals surface area contributed by atoms with E-state index >= 15 is 0 Å². The topological polar surface area (TPSA) is 90.0 Å². The lowest BCUT2D eigenvalue weighted by molar-refractivity contribution is -0.119. The zero-order valence-electron chi connectivity index (χ0n) is 25.8. The standard InChI is InChI=1S/C34H40ClNO6S/c1-21-8-11-23(12-9-21)43(39,40)42-29-13-10-22(35)16-24(29)30-31-25(17-33(2,3)19-27(31)37)36(14-7-15-41-6)26-18-34(4,5)20-28(38)32(26)30/h8-13,16,30H,7,14-15,17-20H2,1-6H3. The van der Waals surface area contributed by atoms with Crippen molar-refractivity contribution in [3.05, 3.63) is 81.2 Å². The molecule has 0 saturated carbocycles. The summed E-state index contributed by atoms with van der Waals surface area (Å²) in [5, 5.41) is 0.356. The van der Waals surface area contributed by atoms with E-state index in [4.69, 9.17) is 20.5 Å². The Morgan fingerprint density at radius 2 is 1.44 bits per heavy atom. The van der Waals surface area contributed by atoms with Crippen LogP contribution in [0, 0.1) is 17.8 Å². The van der Waals surface area contributed by atoms with Crippen LogP contribution in [0.2, 0.25) is 5.02 Å². The number of allylic oxidation sites excluding steroid dienone is 4. The number of ether oxygens (including phenoxy) is 1. The normalized spacial score (nSPS) is 20.3. The molecule has 5 rings (SSSR count). The quantitative estimate of drug-likeness (QED) is 0.227. The van der Waals surface area contributed by atoms with Crippen LogP contribution >= 0.6 is 11.6 Å². The number of ketones is 2. The van der Waals surface area contributed by atoms with Gasteiger partial charge in [0.15, 0.2) is 11.6 Å². The Kier molecular flexibility index (Phi) is 8.44. The van der Waals surface area contributed by atoms with E-state index in [2.05, 4.69) is 32.6 Å². The molecule has 7 nitrogen and oxygen atoms in total. The number of carbonyl (C=O) groups excluding carboxylic acids is 2. The molecule has 2 aromatic carbocycles. The number of benzene rings is 2. The molecule has 2 aromatic rings. The molecule has 1 aliphatic heterocycles. The van der Waals surface area contributed by atoms with E-state index in [0.29, 0.717) is 60.6 Å². The molecule has 0 saturated heterocycles. The highest BCUT2D eigenvalue weighted by atomic mass is 35.5. The fourth-order valence-electron chi connectivity index (χ4n) is 6.69. The molecule has 0 unspecified atom stereocenters. The number of Topliss-reactive ketones (excluding diaryl/α,β-unsaturated/α-hetero) is 2. The molecule has 0 N–H and O–H groups in total. The van der Waals surface area contributed by atoms with Gasteiger partial charge in [-0.15, -0.1) is 0 Å². The largest absolute Gasteiger partial charge is 0.385 e. The lowest BCUT2D eigenvalue weighted by atomic mass is 9.63. The van der Waals surface area contributed by atoms with Crippen molar-refractivity contribution in [1.82, 2.24) is 4.90 Å². The van der Waals surface area contributed by atoms with Crippen molar-refractivity contribution in [2.45, 2.75) is 77.5 Å². The molecule has 0 radical (unpaired) electrons. The Balaban J connectivity index is 1.73. The van der Waals surface area contributed by atoms with E-state index in [1.165, 1.54) is 18.2 Å². The highest BCUT2D eigenvalue weighted by molar-refractivity contribution is 7.87. The van der Waals surface area contributed by atoms with Crippen molar-refractivity contribution in [2.24, 2.45) is 10.8 Å². The second-order valence-corrected chi connectivity index (χ2v) is 15.5. The third-order valence-electron chi connectivity index (χ3n) is 8.54. The van der Waals surface area contributed by atoms with E-state index in [1.807, 2.05) is 6.92 Å². The molecule has 1 heterocycles. The minimum absolute atomic E-state index is 0.0118. The predicted octanol–water partition coefficient (Wildman–Crippen LogP) is 7.14. The van der Waals surface area contributed by atoms with Gasteiger partial charge in [0.1, 0.15) is 10.6 Å². The summed E-state index contributed by atoms with van der Waals surface area (Å²) in [5.74, 6) is -0.844. The molecular weight excluding hydrogens is 586 g/mol. The average Bonchev–Trinajstić information content (AvgIpc) is 2.89. The third-order valence-corrected chi connectivity index (χ3v) is 10.0. The van der Waals surface area contributed by atoms with Crippen LogP contribution in [0.3, 0.4) is 0 Å². The lowest BCUT2D eigenvalue weighted by Crippen LogP contribution is -2.45. The van der Waals surface area contributed by atoms with E-state index < -0.39 is 16.0 Å². The second-order valence-electron chi connectivity index (χ2n) is 13.6. The Morgan fingerprint density at radius 3 is 1.98 bits per heavy atom. The van der Waals surface area contributed by atoms with Crippen molar-refractivity contribution < 1.29 is 26.9 Å². The summed E-state index contributed by atoms with van der Waals surface area (Å²) >= 11 is 6.54. The second kappa shape index (κ2) is 11.5. The predicted molar refractivity (Wildman–Crippen MR) is 166 cm³/mol. The highest BCUT2D eigenvalue weighted by Gasteiger charge is 2.49. The summed E-state index contributed by atoms with van der Waals surface area (Å²) in [6.45, 7) is 11.3. The summed E-state index contributed by atoms with van der Waals surface area (Å²) in [6.07, 6.45) is 2.63. The lowest BCUT2D eigenvalue weighted by Gasteiger charge is -2.49. The molecule has 230 valence electrons. The number of hydrogen-bond acceptors (Lipinski definition) is 7. The van der Waals surface area contributed by atoms with E-state index in [-0.39, 0.29) is 33.0 Å². The Hall–Kier alpha value is -2.94. The van der Waals surface area contributed by atoms with Crippen LogP contribution in [-0.2, 0) is 24.4 Å². The zero-order valence-corrected chi connectivity index (χ0v) is 27.3. The van der Waals surface area contributed by atoms with Gasteiger partial charge in [0.2, 0.25) is 0 Å². The van der Waals surface area contributed by atoms with Crippen LogP contribution in [0.5, 0.6) is 5.75 Å². The molecule has 2 aliphatic carbocycles. The van der Waals surface area contributed by atoms with Gasteiger partial charge < -0.3 is 13.8 Å². The van der Waals surface area contributed by atoms with Crippen molar-refractivity contribution in [3.8, 4) is 5.75 Å². The maximum absolute atomic E-state index is 14.1. The van der Waals surface area contributed by atoms with Gasteiger partial charge in [-0.3, -0.25) is 9.59 Å². The molecule has 0 bridgehead atoms. The molecule has 0 fully saturated rings. The summed E-state index contributed by atoms with van der Waals surface area (Å²) < 4.78 is 38.1. The molecule has 0 aromatic heterocycles. The molecule has 0 atom stereocenters. The molecule has 0 amide bonds. The first-order valence-electron chi connectivity index (χ1n) is 14.7. The third kappa shape index (κ3) is 6.33. The Bertz CT molecular complexity index is 1580. The number of aryl methyl sites for hydroxylation is 1. The van der Waals surface area contributed by atoms with Crippen molar-refractivity contribution >= 4 is 33.3 Å². The van der Waals surface area contributed by atoms with Crippen molar-refractivity contribution in [2.75, 3.05) is 20.3 Å². The van der Waals surface area contributed by atoms with Crippen LogP contribution < -0.4 is 4.18 Å². The first-order chi connectivity index (χ1) is 20.1. The monoisotopic (exact) mass is 625 g/mol. The van der Waals surface area contributed by atoms with Gasteiger partial charge in [0.05, 0.1) is 0 Å². The number of halogens is 1. The van der Waals surface area contributed by atoms with E-state index in [9.17, 15) is 18.0 Å². The first kappa shape index (κ1) is 31.5. The number of nitrogens with zero attached hydrogens (tertiary/aromatic N) is 1. The van der Waals surface area contributed by atoms with Crippen molar-refractivity contribution in [3.63, 3.8) is 0 Å². The summed E-state index contributed by atoms with van der Waals surface area (Å²) in [4.78, 5) is 30.4. The van der Waals surface area contributed by atoms with Crippen LogP contribution in [0.4, 0.5) is 0 Å². The first-order valence-corrected chi connectivity index (χ1v) is 16.5. The minimum atomic E-state index is -4.22. The number of carbonyl (C=O) groups is 2. The highest BCUT2D eigenvalue weighted by Crippen LogP contribution is 2.55. The minimum Gasteiger partial charge on any atom is -0.385 e. The number of rotatable bonds is 8. The van der Waals surface area contributed by atoms with Gasteiger partial charge in [-0.25, -0.2) is 0 Å². The Labute approximate surface area is 260 Å². The van der Waals surface area contributed by atoms with Gasteiger partial charge in [-0.05, 0) is 67.3 Å². The van der Waals surface area contributed by atoms with Crippen LogP contribution in [0.15, 0.2) is 69.9 Å². The van der Waals surface area contributed by atoms with Crippen molar-refractivity contribution in [1.29, 1.82) is 0 Å². The maximum Gasteiger partial charge on any atom is 0.339 e. The summed E-state index contributed by atoms with van der Waals surface area (Å²) in [6, 6.07) is 11.1. The van der Waals surface area contributed by atoms with Gasteiger partial charge >= 0.3 is 10.1 Å². The molecule has 3 aliphatic rings. The molecule has 9 heteroatoms. The van der Waals surface area contributed by atoms with Gasteiger partial charge in [-0.1, -0.05) is 57.0 Å². The average molecular weight is 626 g/mol. The van der Waals surface area contributed by atoms with Gasteiger partial charge in [-0.2, -0.15) is 8.42 Å². The molecule has 43 heavy (non-hydrogen) atoms. The van der Waals surface area contributed by atoms with Crippen LogP contribution in [0.25, 0.3) is 0 Å². The van der Waals surface area contributed by atoms with Gasteiger partial charge in [0.25, 0.3) is 0 Å². The number of hydrogen-bond donors (Lipinski definition) is 0. The zero-order chi connectivity index (χ0) is 31.3. The van der Waals surface area contributed by atoms with Gasteiger partial charge in [0, 0.05) is 72.1 Å². The van der Waals surface area contributed by atoms with Crippen LogP contribution in [0.1, 0.15) is 76.8 Å². The molecule has 0 spiro atoms.